The zero-order chi connectivity index (χ0) is 5.28. The second-order valence-electron chi connectivity index (χ2n) is 1.38. The van der Waals surface area contributed by atoms with Crippen LogP contribution in [0.15, 0.2) is 11.4 Å². The van der Waals surface area contributed by atoms with Gasteiger partial charge in [0, 0.05) is 0 Å². The minimum Gasteiger partial charge on any atom is -0.133 e. The molecule has 0 saturated carbocycles. The van der Waals surface area contributed by atoms with Gasteiger partial charge >= 0.3 is 0 Å². The highest BCUT2D eigenvalue weighted by atomic mass is 35.5. The van der Waals surface area contributed by atoms with Gasteiger partial charge in [-0.1, -0.05) is 23.1 Å². The lowest BCUT2D eigenvalue weighted by molar-refractivity contribution is 2.15. The molecule has 0 bridgehead atoms. The molecule has 36 valence electrons. The fourth-order valence-corrected chi connectivity index (χ4v) is 1.22. The van der Waals surface area contributed by atoms with E-state index in [0.717, 1.165) is 4.34 Å². The topological polar surface area (TPSA) is 0 Å². The van der Waals surface area contributed by atoms with Gasteiger partial charge in [0.2, 0.25) is 0 Å². The van der Waals surface area contributed by atoms with Crippen molar-refractivity contribution in [3.05, 3.63) is 15.8 Å². The van der Waals surface area contributed by atoms with Crippen molar-refractivity contribution in [2.45, 2.75) is 0 Å². The van der Waals surface area contributed by atoms with E-state index < -0.39 is 0 Å². The number of hydrogen-bond acceptors (Lipinski definition) is 1. The van der Waals surface area contributed by atoms with E-state index >= 15 is 0 Å². The Morgan fingerprint density at radius 3 is 2.57 bits per heavy atom. The molecular weight excluding hydrogens is 126 g/mol. The molecule has 1 aromatic heterocycles. The fourth-order valence-electron chi connectivity index (χ4n) is 0.354. The summed E-state index contributed by atoms with van der Waals surface area (Å²) >= 11 is 7.21. The van der Waals surface area contributed by atoms with Crippen LogP contribution in [0.5, 0.6) is 0 Å². The fraction of sp³-hybridized carbons (Fsp3) is 0. The van der Waals surface area contributed by atoms with Crippen LogP contribution >= 0.6 is 22.9 Å². The Morgan fingerprint density at radius 2 is 2.43 bits per heavy atom. The summed E-state index contributed by atoms with van der Waals surface area (Å²) in [5, 5.41) is 1.98. The average molecular weight is 130 g/mol. The van der Waals surface area contributed by atoms with E-state index in [1.807, 2.05) is 19.3 Å². The second kappa shape index (κ2) is 1.89. The zero-order valence-corrected chi connectivity index (χ0v) is 5.51. The van der Waals surface area contributed by atoms with Gasteiger partial charge in [-0.15, -0.1) is 11.3 Å². The average Bonchev–Trinajstić information content (AvgIpc) is 1.91. The number of halogens is 1. The minimum atomic E-state index is 0.903. The summed E-state index contributed by atoms with van der Waals surface area (Å²) < 4.78 is 0.903. The molecule has 7 heavy (non-hydrogen) atoms. The molecule has 0 aliphatic carbocycles. The Kier molecular flexibility index (Phi) is 1.40. The first-order chi connectivity index (χ1) is 3.30. The van der Waals surface area contributed by atoms with Gasteiger partial charge in [0.05, 0.1) is 4.34 Å². The lowest BCUT2D eigenvalue weighted by Gasteiger charge is -1.76. The third kappa shape index (κ3) is 0.985. The van der Waals surface area contributed by atoms with Gasteiger partial charge in [-0.25, -0.2) is 0 Å². The second-order valence-corrected chi connectivity index (χ2v) is 2.90. The first-order valence-electron chi connectivity index (χ1n) is 2.00. The number of thiophene rings is 1. The molecule has 3 heteroatoms. The van der Waals surface area contributed by atoms with Gasteiger partial charge < -0.3 is 0 Å². The van der Waals surface area contributed by atoms with Crippen LogP contribution in [-0.2, 0) is 0 Å². The summed E-state index contributed by atoms with van der Waals surface area (Å²) in [6.07, 6.45) is 0. The lowest BCUT2D eigenvalue weighted by Crippen LogP contribution is -1.95. The quantitative estimate of drug-likeness (QED) is 0.453. The Morgan fingerprint density at radius 1 is 1.71 bits per heavy atom. The zero-order valence-electron chi connectivity index (χ0n) is 3.94. The van der Waals surface area contributed by atoms with Crippen molar-refractivity contribution in [1.29, 1.82) is 0 Å². The monoisotopic (exact) mass is 130 g/mol. The standard InChI is InChI=1S/C4H4BClS/c5-3-1-2-7-4(3)6/h1-2H,5H2. The third-order valence-corrected chi connectivity index (χ3v) is 2.17. The molecule has 0 atom stereocenters. The normalized spacial score (nSPS) is 9.29. The molecule has 0 fully saturated rings. The maximum absolute atomic E-state index is 5.64. The summed E-state index contributed by atoms with van der Waals surface area (Å²) in [5.41, 5.74) is 1.17. The largest absolute Gasteiger partial charge is 0.142 e. The Balaban J connectivity index is 3.12. The van der Waals surface area contributed by atoms with Crippen LogP contribution in [-0.4, -0.2) is 7.85 Å². The van der Waals surface area contributed by atoms with Gasteiger partial charge in [0.1, 0.15) is 7.85 Å². The smallest absolute Gasteiger partial charge is 0.133 e. The predicted octanol–water partition coefficient (Wildman–Crippen LogP) is 0.660. The van der Waals surface area contributed by atoms with E-state index in [0.29, 0.717) is 0 Å². The number of rotatable bonds is 0. The number of hydrogen-bond donors (Lipinski definition) is 0. The summed E-state index contributed by atoms with van der Waals surface area (Å²) in [4.78, 5) is 0. The van der Waals surface area contributed by atoms with Crippen LogP contribution in [0.1, 0.15) is 0 Å². The van der Waals surface area contributed by atoms with Crippen molar-refractivity contribution in [3.8, 4) is 0 Å². The summed E-state index contributed by atoms with van der Waals surface area (Å²) in [6.45, 7) is 0. The third-order valence-electron chi connectivity index (χ3n) is 0.800. The van der Waals surface area contributed by atoms with Crippen LogP contribution in [0.25, 0.3) is 0 Å². The maximum Gasteiger partial charge on any atom is 0.142 e. The summed E-state index contributed by atoms with van der Waals surface area (Å²) in [6, 6.07) is 2.01. The van der Waals surface area contributed by atoms with Gasteiger partial charge in [-0.2, -0.15) is 0 Å². The van der Waals surface area contributed by atoms with Crippen molar-refractivity contribution in [2.24, 2.45) is 0 Å². The molecule has 1 aromatic rings. The summed E-state index contributed by atoms with van der Waals surface area (Å²) in [7, 11) is 2.00. The van der Waals surface area contributed by atoms with Crippen LogP contribution in [0, 0.1) is 0 Å². The van der Waals surface area contributed by atoms with Crippen molar-refractivity contribution >= 4 is 36.2 Å². The summed E-state index contributed by atoms with van der Waals surface area (Å²) in [5.74, 6) is 0. The molecule has 1 rings (SSSR count). The van der Waals surface area contributed by atoms with E-state index in [2.05, 4.69) is 0 Å². The lowest BCUT2D eigenvalue weighted by atomic mass is 10.0. The molecule has 0 spiro atoms. The van der Waals surface area contributed by atoms with Crippen molar-refractivity contribution < 1.29 is 0 Å². The molecular formula is C4H4BClS. The van der Waals surface area contributed by atoms with E-state index in [1.165, 1.54) is 5.46 Å². The maximum atomic E-state index is 5.64. The highest BCUT2D eigenvalue weighted by molar-refractivity contribution is 7.15. The van der Waals surface area contributed by atoms with Crippen molar-refractivity contribution in [3.63, 3.8) is 0 Å². The van der Waals surface area contributed by atoms with E-state index in [1.54, 1.807) is 11.3 Å². The van der Waals surface area contributed by atoms with Gasteiger partial charge in [0.25, 0.3) is 0 Å². The first-order valence-corrected chi connectivity index (χ1v) is 3.26. The molecule has 0 saturated heterocycles. The molecule has 0 aliphatic rings. The molecule has 0 radical (unpaired) electrons. The van der Waals surface area contributed by atoms with Crippen LogP contribution in [0.3, 0.4) is 0 Å². The van der Waals surface area contributed by atoms with E-state index in [4.69, 9.17) is 11.6 Å². The Bertz CT molecular complexity index is 144. The SMILES string of the molecule is Bc1ccsc1Cl. The Hall–Kier alpha value is 0.0549. The minimum absolute atomic E-state index is 0.903. The molecule has 1 heterocycles. The van der Waals surface area contributed by atoms with E-state index in [9.17, 15) is 0 Å². The first kappa shape index (κ1) is 5.20. The molecule has 0 amide bonds. The highest BCUT2D eigenvalue weighted by Gasteiger charge is 1.89. The van der Waals surface area contributed by atoms with Crippen LogP contribution < -0.4 is 5.46 Å². The molecule has 0 N–H and O–H groups in total. The van der Waals surface area contributed by atoms with Gasteiger partial charge in [-0.05, 0) is 5.38 Å². The van der Waals surface area contributed by atoms with Crippen molar-refractivity contribution in [2.75, 3.05) is 0 Å². The Labute approximate surface area is 52.5 Å². The van der Waals surface area contributed by atoms with Crippen LogP contribution in [0.4, 0.5) is 0 Å². The molecule has 0 aromatic carbocycles. The molecule has 0 unspecified atom stereocenters. The molecule has 0 aliphatic heterocycles. The van der Waals surface area contributed by atoms with E-state index in [-0.39, 0.29) is 0 Å². The van der Waals surface area contributed by atoms with Crippen LogP contribution in [0.2, 0.25) is 4.34 Å². The predicted molar refractivity (Wildman–Crippen MR) is 37.5 cm³/mol. The highest BCUT2D eigenvalue weighted by Crippen LogP contribution is 2.10. The molecule has 0 nitrogen and oxygen atoms in total. The van der Waals surface area contributed by atoms with Gasteiger partial charge in [0.15, 0.2) is 0 Å². The van der Waals surface area contributed by atoms with Gasteiger partial charge in [-0.3, -0.25) is 0 Å². The van der Waals surface area contributed by atoms with Crippen molar-refractivity contribution in [1.82, 2.24) is 0 Å².